The SMILES string of the molecule is COC(c1ncc(Br)c(Cl)n1)C1CC1. The summed E-state index contributed by atoms with van der Waals surface area (Å²) in [6, 6.07) is 0. The van der Waals surface area contributed by atoms with E-state index >= 15 is 0 Å². The van der Waals surface area contributed by atoms with Crippen LogP contribution < -0.4 is 0 Å². The first kappa shape index (κ1) is 10.3. The molecule has 1 atom stereocenters. The molecule has 0 N–H and O–H groups in total. The van der Waals surface area contributed by atoms with E-state index in [0.717, 1.165) is 0 Å². The van der Waals surface area contributed by atoms with E-state index < -0.39 is 0 Å². The number of rotatable bonds is 3. The highest BCUT2D eigenvalue weighted by atomic mass is 79.9. The van der Waals surface area contributed by atoms with E-state index in [1.807, 2.05) is 0 Å². The van der Waals surface area contributed by atoms with Gasteiger partial charge in [0, 0.05) is 13.3 Å². The average Bonchev–Trinajstić information content (AvgIpc) is 2.96. The minimum absolute atomic E-state index is 0.000556. The first-order chi connectivity index (χ1) is 6.72. The molecule has 0 spiro atoms. The maximum atomic E-state index is 5.89. The number of hydrogen-bond donors (Lipinski definition) is 0. The summed E-state index contributed by atoms with van der Waals surface area (Å²) < 4.78 is 6.07. The molecular formula is C9H10BrClN2O. The number of hydrogen-bond acceptors (Lipinski definition) is 3. The van der Waals surface area contributed by atoms with E-state index in [1.165, 1.54) is 12.8 Å². The van der Waals surface area contributed by atoms with Crippen molar-refractivity contribution in [3.8, 4) is 0 Å². The molecule has 0 bridgehead atoms. The highest BCUT2D eigenvalue weighted by Gasteiger charge is 2.34. The zero-order chi connectivity index (χ0) is 10.1. The Kier molecular flexibility index (Phi) is 3.04. The Labute approximate surface area is 96.0 Å². The normalized spacial score (nSPS) is 18.2. The van der Waals surface area contributed by atoms with Crippen LogP contribution in [0.3, 0.4) is 0 Å². The third-order valence-corrected chi connectivity index (χ3v) is 3.38. The lowest BCUT2D eigenvalue weighted by molar-refractivity contribution is 0.0772. The molecule has 1 saturated carbocycles. The Bertz CT molecular complexity index is 344. The molecule has 1 heterocycles. The van der Waals surface area contributed by atoms with Crippen molar-refractivity contribution in [2.24, 2.45) is 5.92 Å². The number of nitrogens with zero attached hydrogens (tertiary/aromatic N) is 2. The number of methoxy groups -OCH3 is 1. The van der Waals surface area contributed by atoms with Gasteiger partial charge in [-0.2, -0.15) is 0 Å². The van der Waals surface area contributed by atoms with E-state index in [1.54, 1.807) is 13.3 Å². The van der Waals surface area contributed by atoms with Crippen LogP contribution in [0, 0.1) is 5.92 Å². The van der Waals surface area contributed by atoms with Crippen LogP contribution in [-0.2, 0) is 4.74 Å². The van der Waals surface area contributed by atoms with Gasteiger partial charge < -0.3 is 4.74 Å². The highest BCUT2D eigenvalue weighted by Crippen LogP contribution is 2.42. The summed E-state index contributed by atoms with van der Waals surface area (Å²) in [4.78, 5) is 8.39. The van der Waals surface area contributed by atoms with Crippen molar-refractivity contribution in [1.82, 2.24) is 9.97 Å². The van der Waals surface area contributed by atoms with Crippen LogP contribution in [-0.4, -0.2) is 17.1 Å². The predicted octanol–water partition coefficient (Wildman–Crippen LogP) is 2.99. The number of halogens is 2. The summed E-state index contributed by atoms with van der Waals surface area (Å²) in [7, 11) is 1.68. The van der Waals surface area contributed by atoms with E-state index in [9.17, 15) is 0 Å². The van der Waals surface area contributed by atoms with E-state index in [2.05, 4.69) is 25.9 Å². The molecule has 1 aromatic rings. The average molecular weight is 278 g/mol. The van der Waals surface area contributed by atoms with Gasteiger partial charge in [0.15, 0.2) is 5.82 Å². The van der Waals surface area contributed by atoms with Crippen molar-refractivity contribution in [1.29, 1.82) is 0 Å². The Balaban J connectivity index is 2.25. The minimum Gasteiger partial charge on any atom is -0.373 e. The lowest BCUT2D eigenvalue weighted by atomic mass is 10.2. The van der Waals surface area contributed by atoms with Crippen LogP contribution in [0.15, 0.2) is 10.7 Å². The number of aromatic nitrogens is 2. The number of ether oxygens (including phenoxy) is 1. The molecule has 0 amide bonds. The quantitative estimate of drug-likeness (QED) is 0.797. The summed E-state index contributed by atoms with van der Waals surface area (Å²) in [6.45, 7) is 0. The fourth-order valence-electron chi connectivity index (χ4n) is 1.40. The summed E-state index contributed by atoms with van der Waals surface area (Å²) in [5.74, 6) is 1.25. The van der Waals surface area contributed by atoms with Crippen LogP contribution in [0.25, 0.3) is 0 Å². The molecule has 1 aromatic heterocycles. The summed E-state index contributed by atoms with van der Waals surface area (Å²) >= 11 is 9.14. The van der Waals surface area contributed by atoms with Gasteiger partial charge in [-0.3, -0.25) is 0 Å². The summed E-state index contributed by atoms with van der Waals surface area (Å²) in [5.41, 5.74) is 0. The predicted molar refractivity (Wildman–Crippen MR) is 57.2 cm³/mol. The molecule has 5 heteroatoms. The van der Waals surface area contributed by atoms with E-state index in [4.69, 9.17) is 16.3 Å². The molecule has 1 unspecified atom stereocenters. The van der Waals surface area contributed by atoms with E-state index in [-0.39, 0.29) is 6.10 Å². The van der Waals surface area contributed by atoms with E-state index in [0.29, 0.717) is 21.4 Å². The molecule has 1 aliphatic rings. The van der Waals surface area contributed by atoms with Gasteiger partial charge in [0.1, 0.15) is 11.3 Å². The maximum absolute atomic E-state index is 5.89. The van der Waals surface area contributed by atoms with Crippen LogP contribution in [0.2, 0.25) is 5.15 Å². The molecule has 0 radical (unpaired) electrons. The Morgan fingerprint density at radius 2 is 2.36 bits per heavy atom. The molecule has 3 nitrogen and oxygen atoms in total. The summed E-state index contributed by atoms with van der Waals surface area (Å²) in [6.07, 6.45) is 4.05. The molecule has 0 saturated heterocycles. The van der Waals surface area contributed by atoms with Gasteiger partial charge in [0.25, 0.3) is 0 Å². The molecule has 0 aromatic carbocycles. The molecule has 2 rings (SSSR count). The van der Waals surface area contributed by atoms with Crippen molar-refractivity contribution >= 4 is 27.5 Å². The minimum atomic E-state index is 0.000556. The lowest BCUT2D eigenvalue weighted by Gasteiger charge is -2.12. The van der Waals surface area contributed by atoms with Crippen molar-refractivity contribution in [3.05, 3.63) is 21.6 Å². The molecule has 0 aliphatic heterocycles. The van der Waals surface area contributed by atoms with Gasteiger partial charge in [0.2, 0.25) is 0 Å². The first-order valence-electron chi connectivity index (χ1n) is 4.43. The highest BCUT2D eigenvalue weighted by molar-refractivity contribution is 9.10. The van der Waals surface area contributed by atoms with Gasteiger partial charge in [-0.25, -0.2) is 9.97 Å². The topological polar surface area (TPSA) is 35.0 Å². The van der Waals surface area contributed by atoms with Crippen molar-refractivity contribution in [3.63, 3.8) is 0 Å². The Morgan fingerprint density at radius 3 is 2.86 bits per heavy atom. The molecule has 14 heavy (non-hydrogen) atoms. The molecule has 1 aliphatic carbocycles. The second kappa shape index (κ2) is 4.13. The second-order valence-corrected chi connectivity index (χ2v) is 4.57. The van der Waals surface area contributed by atoms with Crippen LogP contribution >= 0.6 is 27.5 Å². The summed E-state index contributed by atoms with van der Waals surface area (Å²) in [5, 5.41) is 0.442. The Morgan fingerprint density at radius 1 is 1.64 bits per heavy atom. The van der Waals surface area contributed by atoms with Crippen molar-refractivity contribution in [2.45, 2.75) is 18.9 Å². The molecule has 1 fully saturated rings. The van der Waals surface area contributed by atoms with Gasteiger partial charge >= 0.3 is 0 Å². The zero-order valence-electron chi connectivity index (χ0n) is 7.70. The maximum Gasteiger partial charge on any atom is 0.159 e. The van der Waals surface area contributed by atoms with Gasteiger partial charge in [-0.1, -0.05) is 11.6 Å². The fourth-order valence-corrected chi connectivity index (χ4v) is 1.73. The van der Waals surface area contributed by atoms with Gasteiger partial charge in [-0.05, 0) is 34.7 Å². The van der Waals surface area contributed by atoms with Crippen molar-refractivity contribution < 1.29 is 4.74 Å². The monoisotopic (exact) mass is 276 g/mol. The largest absolute Gasteiger partial charge is 0.373 e. The fraction of sp³-hybridized carbons (Fsp3) is 0.556. The first-order valence-corrected chi connectivity index (χ1v) is 5.60. The zero-order valence-corrected chi connectivity index (χ0v) is 10.0. The second-order valence-electron chi connectivity index (χ2n) is 3.36. The molecule has 76 valence electrons. The standard InChI is InChI=1S/C9H10BrClN2O/c1-14-7(5-2-3-5)9-12-4-6(10)8(11)13-9/h4-5,7H,2-3H2,1H3. The van der Waals surface area contributed by atoms with Crippen LogP contribution in [0.1, 0.15) is 24.8 Å². The smallest absolute Gasteiger partial charge is 0.159 e. The third kappa shape index (κ3) is 2.07. The van der Waals surface area contributed by atoms with Crippen molar-refractivity contribution in [2.75, 3.05) is 7.11 Å². The third-order valence-electron chi connectivity index (χ3n) is 2.28. The van der Waals surface area contributed by atoms with Gasteiger partial charge in [0.05, 0.1) is 4.47 Å². The van der Waals surface area contributed by atoms with Crippen LogP contribution in [0.4, 0.5) is 0 Å². The Hall–Kier alpha value is -0.190. The molecular weight excluding hydrogens is 267 g/mol. The van der Waals surface area contributed by atoms with Crippen LogP contribution in [0.5, 0.6) is 0 Å². The van der Waals surface area contributed by atoms with Gasteiger partial charge in [-0.15, -0.1) is 0 Å². The lowest BCUT2D eigenvalue weighted by Crippen LogP contribution is -2.08.